The Hall–Kier alpha value is -0.0751. The molecule has 0 aliphatic carbocycles. The number of hydrogen-bond donors (Lipinski definition) is 0. The summed E-state index contributed by atoms with van der Waals surface area (Å²) in [5.74, 6) is 0. The summed E-state index contributed by atoms with van der Waals surface area (Å²) in [5.41, 5.74) is 1.37. The lowest BCUT2D eigenvalue weighted by Crippen LogP contribution is -2.02. The summed E-state index contributed by atoms with van der Waals surface area (Å²) >= 11 is 11.3. The molecule has 0 aromatic heterocycles. The maximum Gasteiger partial charge on any atom is 0.673 e. The van der Waals surface area contributed by atoms with E-state index in [0.29, 0.717) is 10.7 Å². The van der Waals surface area contributed by atoms with E-state index < -0.39 is 7.25 Å². The van der Waals surface area contributed by atoms with Gasteiger partial charge >= 0.3 is 12.9 Å². The van der Waals surface area contributed by atoms with Crippen molar-refractivity contribution in [1.29, 1.82) is 5.39 Å². The highest BCUT2D eigenvalue weighted by Gasteiger charge is 2.20. The SMILES string of the molecule is Cc1c([N+]#N)cc(Cl)c(I)c1Br.F[B-](F)(F)F. The van der Waals surface area contributed by atoms with Crippen LogP contribution in [-0.2, 0) is 0 Å². The smallest absolute Gasteiger partial charge is 0.418 e. The highest BCUT2D eigenvalue weighted by Crippen LogP contribution is 2.35. The quantitative estimate of drug-likeness (QED) is 0.163. The Labute approximate surface area is 122 Å². The predicted molar refractivity (Wildman–Crippen MR) is 71.5 cm³/mol. The van der Waals surface area contributed by atoms with Crippen LogP contribution in [0.15, 0.2) is 10.5 Å². The lowest BCUT2D eigenvalue weighted by atomic mass is 10.2. The van der Waals surface area contributed by atoms with Gasteiger partial charge in [-0.1, -0.05) is 11.6 Å². The standard InChI is InChI=1S/C7H4BrClIN2.BF4/c1-3-5(12-11)2-4(9)7(10)6(3)8;2-1(3,4)5/h2H,1H3;/q+1;-1. The van der Waals surface area contributed by atoms with Gasteiger partial charge < -0.3 is 17.3 Å². The average Bonchev–Trinajstić information content (AvgIpc) is 2.18. The minimum absolute atomic E-state index is 0.493. The second-order valence-electron chi connectivity index (χ2n) is 2.73. The van der Waals surface area contributed by atoms with Gasteiger partial charge in [0.05, 0.1) is 16.7 Å². The summed E-state index contributed by atoms with van der Waals surface area (Å²) in [6.45, 7) is 1.86. The summed E-state index contributed by atoms with van der Waals surface area (Å²) in [6.07, 6.45) is 0. The highest BCUT2D eigenvalue weighted by atomic mass is 127. The molecule has 0 atom stereocenters. The van der Waals surface area contributed by atoms with E-state index >= 15 is 0 Å². The summed E-state index contributed by atoms with van der Waals surface area (Å²) in [5, 5.41) is 9.19. The first-order valence-corrected chi connectivity index (χ1v) is 6.19. The lowest BCUT2D eigenvalue weighted by molar-refractivity contribution is 0.368. The van der Waals surface area contributed by atoms with Crippen molar-refractivity contribution in [2.75, 3.05) is 0 Å². The van der Waals surface area contributed by atoms with Crippen molar-refractivity contribution in [3.8, 4) is 0 Å². The Morgan fingerprint density at radius 2 is 1.82 bits per heavy atom. The van der Waals surface area contributed by atoms with E-state index in [1.807, 2.05) is 6.92 Å². The number of hydrogen-bond acceptors (Lipinski definition) is 1. The van der Waals surface area contributed by atoms with Gasteiger partial charge in [0, 0.05) is 8.04 Å². The Morgan fingerprint density at radius 1 is 1.41 bits per heavy atom. The summed E-state index contributed by atoms with van der Waals surface area (Å²) in [4.78, 5) is 3.12. The van der Waals surface area contributed by atoms with Gasteiger partial charge in [0.1, 0.15) is 0 Å². The summed E-state index contributed by atoms with van der Waals surface area (Å²) in [7, 11) is -6.00. The Kier molecular flexibility index (Phi) is 6.72. The summed E-state index contributed by atoms with van der Waals surface area (Å²) in [6, 6.07) is 1.63. The fourth-order valence-corrected chi connectivity index (χ4v) is 2.07. The van der Waals surface area contributed by atoms with Gasteiger partial charge in [0.25, 0.3) is 0 Å². The Balaban J connectivity index is 0.000000437. The zero-order chi connectivity index (χ0) is 13.8. The first kappa shape index (κ1) is 16.9. The molecule has 0 unspecified atom stereocenters. The molecule has 2 nitrogen and oxygen atoms in total. The van der Waals surface area contributed by atoms with Crippen LogP contribution in [-0.4, -0.2) is 7.25 Å². The zero-order valence-electron chi connectivity index (χ0n) is 8.19. The minimum atomic E-state index is -6.00. The molecule has 0 saturated heterocycles. The first-order chi connectivity index (χ1) is 7.57. The molecule has 0 saturated carbocycles. The molecule has 17 heavy (non-hydrogen) atoms. The molecule has 0 fully saturated rings. The van der Waals surface area contributed by atoms with E-state index in [1.165, 1.54) is 0 Å². The molecule has 1 aromatic rings. The number of rotatable bonds is 0. The van der Waals surface area contributed by atoms with Crippen LogP contribution in [0, 0.1) is 15.9 Å². The molecule has 0 N–H and O–H groups in total. The minimum Gasteiger partial charge on any atom is -0.418 e. The number of benzene rings is 1. The van der Waals surface area contributed by atoms with Crippen molar-refractivity contribution in [2.24, 2.45) is 0 Å². The molecule has 10 heteroatoms. The van der Waals surface area contributed by atoms with Crippen molar-refractivity contribution in [3.63, 3.8) is 0 Å². The zero-order valence-corrected chi connectivity index (χ0v) is 12.7. The van der Waals surface area contributed by atoms with Crippen molar-refractivity contribution in [2.45, 2.75) is 6.92 Å². The van der Waals surface area contributed by atoms with Gasteiger partial charge in [-0.05, 0) is 45.4 Å². The van der Waals surface area contributed by atoms with E-state index in [1.54, 1.807) is 6.07 Å². The molecule has 0 spiro atoms. The highest BCUT2D eigenvalue weighted by molar-refractivity contribution is 14.1. The van der Waals surface area contributed by atoms with Crippen LogP contribution >= 0.6 is 50.1 Å². The van der Waals surface area contributed by atoms with Gasteiger partial charge in [-0.25, -0.2) is 0 Å². The Bertz CT molecular complexity index is 457. The molecular formula is C7H4BBrClF4IN2. The van der Waals surface area contributed by atoms with Gasteiger partial charge in [0.2, 0.25) is 5.39 Å². The fourth-order valence-electron chi connectivity index (χ4n) is 0.777. The van der Waals surface area contributed by atoms with Crippen LogP contribution in [0.25, 0.3) is 4.98 Å². The third-order valence-corrected chi connectivity index (χ3v) is 4.96. The topological polar surface area (TPSA) is 28.1 Å². The maximum absolute atomic E-state index is 9.75. The maximum atomic E-state index is 9.75. The van der Waals surface area contributed by atoms with Gasteiger partial charge in [-0.3, -0.25) is 0 Å². The first-order valence-electron chi connectivity index (χ1n) is 3.94. The van der Waals surface area contributed by atoms with E-state index in [2.05, 4.69) is 43.5 Å². The average molecular weight is 445 g/mol. The molecule has 0 amide bonds. The second kappa shape index (κ2) is 6.75. The van der Waals surface area contributed by atoms with Crippen LogP contribution in [0.1, 0.15) is 5.56 Å². The van der Waals surface area contributed by atoms with E-state index in [0.717, 1.165) is 13.6 Å². The van der Waals surface area contributed by atoms with Gasteiger partial charge in [0.15, 0.2) is 4.98 Å². The molecule has 0 heterocycles. The van der Waals surface area contributed by atoms with Gasteiger partial charge in [-0.15, -0.1) is 0 Å². The molecule has 1 aromatic carbocycles. The third-order valence-electron chi connectivity index (χ3n) is 1.49. The van der Waals surface area contributed by atoms with Crippen LogP contribution in [0.5, 0.6) is 0 Å². The largest absolute Gasteiger partial charge is 0.673 e. The second-order valence-corrected chi connectivity index (χ2v) is 5.00. The molecule has 0 aliphatic rings. The molecule has 0 aliphatic heterocycles. The molecular weight excluding hydrogens is 441 g/mol. The fraction of sp³-hybridized carbons (Fsp3) is 0.143. The van der Waals surface area contributed by atoms with Gasteiger partial charge in [-0.2, -0.15) is 0 Å². The molecule has 94 valence electrons. The predicted octanol–water partition coefficient (Wildman–Crippen LogP) is 5.80. The van der Waals surface area contributed by atoms with Crippen LogP contribution < -0.4 is 0 Å². The van der Waals surface area contributed by atoms with Crippen LogP contribution in [0.4, 0.5) is 23.0 Å². The van der Waals surface area contributed by atoms with Crippen LogP contribution in [0.3, 0.4) is 0 Å². The number of diazo groups is 1. The number of halogens is 7. The molecule has 1 rings (SSSR count). The summed E-state index contributed by atoms with van der Waals surface area (Å²) < 4.78 is 40.8. The van der Waals surface area contributed by atoms with E-state index in [-0.39, 0.29) is 0 Å². The monoisotopic (exact) mass is 444 g/mol. The van der Waals surface area contributed by atoms with Crippen LogP contribution in [0.2, 0.25) is 5.02 Å². The van der Waals surface area contributed by atoms with Crippen molar-refractivity contribution < 1.29 is 17.3 Å². The number of nitrogens with zero attached hydrogens (tertiary/aromatic N) is 2. The lowest BCUT2D eigenvalue weighted by Gasteiger charge is -1.99. The molecule has 0 radical (unpaired) electrons. The van der Waals surface area contributed by atoms with Crippen molar-refractivity contribution in [1.82, 2.24) is 0 Å². The molecule has 0 bridgehead atoms. The normalized spacial score (nSPS) is 10.3. The van der Waals surface area contributed by atoms with E-state index in [4.69, 9.17) is 17.0 Å². The van der Waals surface area contributed by atoms with Crippen molar-refractivity contribution >= 4 is 63.1 Å². The Morgan fingerprint density at radius 3 is 2.18 bits per heavy atom. The van der Waals surface area contributed by atoms with Crippen molar-refractivity contribution in [3.05, 3.63) is 29.7 Å². The third kappa shape index (κ3) is 6.42. The van der Waals surface area contributed by atoms with E-state index in [9.17, 15) is 17.3 Å².